The largest absolute Gasteiger partial charge is 0.455 e. The Bertz CT molecular complexity index is 4010. The number of para-hydroxylation sites is 3. The molecule has 0 fully saturated rings. The highest BCUT2D eigenvalue weighted by Crippen LogP contribution is 2.64. The minimum absolute atomic E-state index is 0.465. The van der Waals surface area contributed by atoms with Gasteiger partial charge in [-0.1, -0.05) is 224 Å². The second-order valence-electron chi connectivity index (χ2n) is 19.0. The molecule has 0 aliphatic heterocycles. The minimum Gasteiger partial charge on any atom is -0.455 e. The van der Waals surface area contributed by atoms with Crippen molar-refractivity contribution in [1.29, 1.82) is 0 Å². The number of furan rings is 1. The summed E-state index contributed by atoms with van der Waals surface area (Å²) in [4.78, 5) is 2.51. The van der Waals surface area contributed by atoms with Crippen LogP contribution in [0.25, 0.3) is 66.4 Å². The number of benzene rings is 11. The monoisotopic (exact) mass is 889 g/mol. The predicted molar refractivity (Wildman–Crippen MR) is 287 cm³/mol. The van der Waals surface area contributed by atoms with Crippen molar-refractivity contribution < 1.29 is 4.42 Å². The second-order valence-corrected chi connectivity index (χ2v) is 19.0. The molecule has 1 atom stereocenters. The zero-order valence-electron chi connectivity index (χ0n) is 38.2. The van der Waals surface area contributed by atoms with E-state index in [1.807, 2.05) is 6.07 Å². The Kier molecular flexibility index (Phi) is 8.24. The van der Waals surface area contributed by atoms with Gasteiger partial charge < -0.3 is 9.32 Å². The summed E-state index contributed by atoms with van der Waals surface area (Å²) in [6.45, 7) is 0. The Balaban J connectivity index is 0.962. The molecule has 12 aromatic rings. The van der Waals surface area contributed by atoms with Crippen LogP contribution >= 0.6 is 0 Å². The summed E-state index contributed by atoms with van der Waals surface area (Å²) >= 11 is 0. The maximum Gasteiger partial charge on any atom is 0.143 e. The van der Waals surface area contributed by atoms with E-state index < -0.39 is 10.8 Å². The molecule has 326 valence electrons. The zero-order chi connectivity index (χ0) is 46.0. The molecule has 3 aliphatic carbocycles. The molecule has 1 aromatic heterocycles. The molecule has 3 aliphatic rings. The van der Waals surface area contributed by atoms with Gasteiger partial charge in [0.05, 0.1) is 16.5 Å². The number of fused-ring (bicyclic) bond motifs is 16. The first-order chi connectivity index (χ1) is 34.7. The molecule has 0 saturated heterocycles. The summed E-state index contributed by atoms with van der Waals surface area (Å²) in [6.07, 6.45) is 0. The lowest BCUT2D eigenvalue weighted by molar-refractivity contribution is 0.670. The molecule has 0 bridgehead atoms. The van der Waals surface area contributed by atoms with E-state index in [4.69, 9.17) is 4.42 Å². The lowest BCUT2D eigenvalue weighted by Gasteiger charge is -2.35. The Morgan fingerprint density at radius 2 is 0.800 bits per heavy atom. The van der Waals surface area contributed by atoms with Crippen LogP contribution in [0.4, 0.5) is 17.1 Å². The fourth-order valence-electron chi connectivity index (χ4n) is 13.1. The molecule has 70 heavy (non-hydrogen) atoms. The van der Waals surface area contributed by atoms with E-state index in [0.29, 0.717) is 0 Å². The van der Waals surface area contributed by atoms with Crippen molar-refractivity contribution in [2.45, 2.75) is 10.8 Å². The standard InChI is InChI=1S/C68H43NO/c1-3-19-45(20-4-1)67(46-39-37-44(38-40-46)49-28-17-29-55-54-26-11-16-36-64(54)70-66(49)55)60-33-15-10-27-56(60)65-61(67)34-18-35-63(65)69(47-21-5-2-6-22-47)48-41-42-53-52-25-9-14-32-59(52)68(62(53)43-48)57-30-12-7-23-50(57)51-24-8-13-31-58(51)68/h1-43H. The van der Waals surface area contributed by atoms with E-state index in [-0.39, 0.29) is 0 Å². The highest BCUT2D eigenvalue weighted by Gasteiger charge is 2.52. The van der Waals surface area contributed by atoms with Gasteiger partial charge in [-0.15, -0.1) is 0 Å². The fourth-order valence-corrected chi connectivity index (χ4v) is 13.1. The summed E-state index contributed by atoms with van der Waals surface area (Å²) in [6, 6.07) is 96.7. The van der Waals surface area contributed by atoms with E-state index >= 15 is 0 Å². The van der Waals surface area contributed by atoms with Crippen LogP contribution in [0, 0.1) is 0 Å². The maximum atomic E-state index is 6.55. The van der Waals surface area contributed by atoms with Crippen LogP contribution in [0.2, 0.25) is 0 Å². The number of anilines is 3. The normalized spacial score (nSPS) is 15.3. The van der Waals surface area contributed by atoms with Crippen molar-refractivity contribution in [3.05, 3.63) is 305 Å². The highest BCUT2D eigenvalue weighted by molar-refractivity contribution is 6.09. The maximum absolute atomic E-state index is 6.55. The van der Waals surface area contributed by atoms with E-state index in [2.05, 4.69) is 260 Å². The van der Waals surface area contributed by atoms with Crippen LogP contribution in [-0.2, 0) is 10.8 Å². The first kappa shape index (κ1) is 39.1. The van der Waals surface area contributed by atoms with Gasteiger partial charge in [0.25, 0.3) is 0 Å². The Hall–Kier alpha value is -8.98. The predicted octanol–water partition coefficient (Wildman–Crippen LogP) is 17.4. The average molecular weight is 890 g/mol. The quantitative estimate of drug-likeness (QED) is 0.165. The molecular weight excluding hydrogens is 847 g/mol. The van der Waals surface area contributed by atoms with Crippen LogP contribution in [-0.4, -0.2) is 0 Å². The van der Waals surface area contributed by atoms with Gasteiger partial charge in [-0.3, -0.25) is 0 Å². The van der Waals surface area contributed by atoms with Gasteiger partial charge >= 0.3 is 0 Å². The fraction of sp³-hybridized carbons (Fsp3) is 0.0294. The molecule has 2 heteroatoms. The van der Waals surface area contributed by atoms with Crippen molar-refractivity contribution >= 4 is 39.0 Å². The van der Waals surface area contributed by atoms with Gasteiger partial charge in [-0.05, 0) is 114 Å². The summed E-state index contributed by atoms with van der Waals surface area (Å²) in [5, 5.41) is 2.27. The SMILES string of the molecule is c1ccc(N(c2ccc3c(c2)C2(c4ccccc4-c4ccccc42)c2ccccc2-3)c2cccc3c2-c2ccccc2C3(c2ccccc2)c2ccc(-c3cccc4c3oc3ccccc34)cc2)cc1. The topological polar surface area (TPSA) is 16.4 Å². The van der Waals surface area contributed by atoms with Crippen LogP contribution in [0.15, 0.2) is 265 Å². The highest BCUT2D eigenvalue weighted by atomic mass is 16.3. The average Bonchev–Trinajstić information content (AvgIpc) is 4.15. The Morgan fingerprint density at radius 3 is 1.49 bits per heavy atom. The van der Waals surface area contributed by atoms with Gasteiger partial charge in [-0.25, -0.2) is 0 Å². The van der Waals surface area contributed by atoms with Gasteiger partial charge in [-0.2, -0.15) is 0 Å². The molecule has 2 nitrogen and oxygen atoms in total. The third kappa shape index (κ3) is 5.12. The molecule has 15 rings (SSSR count). The van der Waals surface area contributed by atoms with Gasteiger partial charge in [0.1, 0.15) is 11.2 Å². The molecule has 0 N–H and O–H groups in total. The van der Waals surface area contributed by atoms with Crippen LogP contribution in [0.3, 0.4) is 0 Å². The van der Waals surface area contributed by atoms with Crippen LogP contribution < -0.4 is 4.90 Å². The molecule has 1 heterocycles. The molecule has 0 amide bonds. The van der Waals surface area contributed by atoms with Crippen LogP contribution in [0.5, 0.6) is 0 Å². The zero-order valence-corrected chi connectivity index (χ0v) is 38.2. The van der Waals surface area contributed by atoms with E-state index in [0.717, 1.165) is 50.1 Å². The van der Waals surface area contributed by atoms with E-state index in [1.54, 1.807) is 0 Å². The lowest BCUT2D eigenvalue weighted by atomic mass is 9.67. The Labute approximate surface area is 407 Å². The number of hydrogen-bond acceptors (Lipinski definition) is 2. The number of nitrogens with zero attached hydrogens (tertiary/aromatic N) is 1. The molecular formula is C68H43NO. The van der Waals surface area contributed by atoms with Gasteiger partial charge in [0.15, 0.2) is 0 Å². The molecule has 1 unspecified atom stereocenters. The summed E-state index contributed by atoms with van der Waals surface area (Å²) < 4.78 is 6.55. The van der Waals surface area contributed by atoms with Crippen molar-refractivity contribution in [1.82, 2.24) is 0 Å². The van der Waals surface area contributed by atoms with Gasteiger partial charge in [0, 0.05) is 33.3 Å². The number of hydrogen-bond donors (Lipinski definition) is 0. The van der Waals surface area contributed by atoms with E-state index in [1.165, 1.54) is 77.9 Å². The number of rotatable bonds is 6. The molecule has 1 spiro atoms. The summed E-state index contributed by atoms with van der Waals surface area (Å²) in [7, 11) is 0. The second kappa shape index (κ2) is 14.8. The first-order valence-electron chi connectivity index (χ1n) is 24.3. The third-order valence-corrected chi connectivity index (χ3v) is 15.8. The Morgan fingerprint density at radius 1 is 0.300 bits per heavy atom. The molecule has 11 aromatic carbocycles. The van der Waals surface area contributed by atoms with Crippen molar-refractivity contribution in [2.24, 2.45) is 0 Å². The molecule has 0 radical (unpaired) electrons. The first-order valence-corrected chi connectivity index (χ1v) is 24.3. The van der Waals surface area contributed by atoms with Gasteiger partial charge in [0.2, 0.25) is 0 Å². The van der Waals surface area contributed by atoms with Crippen molar-refractivity contribution in [3.63, 3.8) is 0 Å². The third-order valence-electron chi connectivity index (χ3n) is 15.8. The smallest absolute Gasteiger partial charge is 0.143 e. The minimum atomic E-state index is -0.615. The van der Waals surface area contributed by atoms with Crippen molar-refractivity contribution in [2.75, 3.05) is 4.90 Å². The van der Waals surface area contributed by atoms with Crippen molar-refractivity contribution in [3.8, 4) is 44.5 Å². The van der Waals surface area contributed by atoms with E-state index in [9.17, 15) is 0 Å². The molecule has 0 saturated carbocycles. The lowest BCUT2D eigenvalue weighted by Crippen LogP contribution is -2.28. The summed E-state index contributed by atoms with van der Waals surface area (Å²) in [5.41, 5.74) is 24.3. The van der Waals surface area contributed by atoms with Crippen LogP contribution in [0.1, 0.15) is 44.5 Å². The summed E-state index contributed by atoms with van der Waals surface area (Å²) in [5.74, 6) is 0.